The van der Waals surface area contributed by atoms with Crippen LogP contribution in [-0.2, 0) is 6.54 Å². The van der Waals surface area contributed by atoms with Gasteiger partial charge in [-0.3, -0.25) is 4.98 Å². The lowest BCUT2D eigenvalue weighted by Crippen LogP contribution is -2.26. The van der Waals surface area contributed by atoms with Gasteiger partial charge in [-0.2, -0.15) is 13.2 Å². The van der Waals surface area contributed by atoms with Crippen molar-refractivity contribution in [2.45, 2.75) is 33.0 Å². The summed E-state index contributed by atoms with van der Waals surface area (Å²) in [7, 11) is 1.67. The van der Waals surface area contributed by atoms with Crippen LogP contribution in [0.3, 0.4) is 0 Å². The van der Waals surface area contributed by atoms with Gasteiger partial charge in [-0.1, -0.05) is 13.8 Å². The first kappa shape index (κ1) is 16.8. The molecule has 6 heteroatoms. The zero-order valence-electron chi connectivity index (χ0n) is 12.2. The largest absolute Gasteiger partial charge is 0.390 e. The lowest BCUT2D eigenvalue weighted by Gasteiger charge is -2.23. The van der Waals surface area contributed by atoms with Gasteiger partial charge in [0.1, 0.15) is 0 Å². The molecule has 0 spiro atoms. The summed E-state index contributed by atoms with van der Waals surface area (Å²) in [6.07, 6.45) is -1.64. The van der Waals surface area contributed by atoms with Crippen LogP contribution < -0.4 is 10.2 Å². The van der Waals surface area contributed by atoms with Gasteiger partial charge in [-0.05, 0) is 18.5 Å². The number of hydrogen-bond acceptors (Lipinski definition) is 3. The highest BCUT2D eigenvalue weighted by atomic mass is 19.4. The Morgan fingerprint density at radius 1 is 1.35 bits per heavy atom. The van der Waals surface area contributed by atoms with Crippen LogP contribution in [0, 0.1) is 5.92 Å². The molecule has 0 aliphatic carbocycles. The van der Waals surface area contributed by atoms with Crippen molar-refractivity contribution in [1.29, 1.82) is 0 Å². The Labute approximate surface area is 118 Å². The van der Waals surface area contributed by atoms with Crippen molar-refractivity contribution >= 4 is 5.69 Å². The number of nitrogens with one attached hydrogen (secondary N) is 1. The number of anilines is 1. The van der Waals surface area contributed by atoms with E-state index < -0.39 is 12.6 Å². The predicted molar refractivity (Wildman–Crippen MR) is 74.7 cm³/mol. The summed E-state index contributed by atoms with van der Waals surface area (Å²) in [5, 5.41) is 3.28. The van der Waals surface area contributed by atoms with E-state index in [1.165, 1.54) is 0 Å². The maximum atomic E-state index is 12.3. The summed E-state index contributed by atoms with van der Waals surface area (Å²) in [5.74, 6) is 0.526. The fraction of sp³-hybridized carbons (Fsp3) is 0.643. The van der Waals surface area contributed by atoms with Gasteiger partial charge in [0, 0.05) is 43.8 Å². The molecular weight excluding hydrogens is 267 g/mol. The summed E-state index contributed by atoms with van der Waals surface area (Å²) in [6, 6.07) is 1.75. The van der Waals surface area contributed by atoms with E-state index in [1.807, 2.05) is 0 Å². The lowest BCUT2D eigenvalue weighted by atomic mass is 10.2. The summed E-state index contributed by atoms with van der Waals surface area (Å²) < 4.78 is 36.8. The number of aromatic nitrogens is 1. The normalized spacial score (nSPS) is 11.9. The lowest BCUT2D eigenvalue weighted by molar-refractivity contribution is -0.132. The maximum Gasteiger partial charge on any atom is 0.390 e. The first-order chi connectivity index (χ1) is 9.29. The molecule has 20 heavy (non-hydrogen) atoms. The van der Waals surface area contributed by atoms with Crippen molar-refractivity contribution in [1.82, 2.24) is 10.3 Å². The van der Waals surface area contributed by atoms with Crippen molar-refractivity contribution in [3.05, 3.63) is 24.0 Å². The quantitative estimate of drug-likeness (QED) is 0.835. The molecule has 0 saturated heterocycles. The highest BCUT2D eigenvalue weighted by Gasteiger charge is 2.27. The first-order valence-electron chi connectivity index (χ1n) is 6.71. The van der Waals surface area contributed by atoms with E-state index in [4.69, 9.17) is 0 Å². The number of rotatable bonds is 7. The average molecular weight is 289 g/mol. The zero-order valence-corrected chi connectivity index (χ0v) is 12.2. The molecule has 0 aliphatic heterocycles. The van der Waals surface area contributed by atoms with Crippen LogP contribution in [0.25, 0.3) is 0 Å². The number of nitrogens with zero attached hydrogens (tertiary/aromatic N) is 2. The van der Waals surface area contributed by atoms with E-state index in [1.54, 1.807) is 30.4 Å². The van der Waals surface area contributed by atoms with E-state index in [2.05, 4.69) is 24.1 Å². The molecule has 0 fully saturated rings. The second-order valence-corrected chi connectivity index (χ2v) is 5.32. The molecule has 0 radical (unpaired) electrons. The minimum absolute atomic E-state index is 0.0509. The summed E-state index contributed by atoms with van der Waals surface area (Å²) >= 11 is 0. The van der Waals surface area contributed by atoms with Gasteiger partial charge >= 0.3 is 6.18 Å². The van der Waals surface area contributed by atoms with Crippen LogP contribution in [0.2, 0.25) is 0 Å². The van der Waals surface area contributed by atoms with E-state index in [0.717, 1.165) is 17.8 Å². The Balaban J connectivity index is 2.64. The van der Waals surface area contributed by atoms with Crippen LogP contribution in [0.15, 0.2) is 18.5 Å². The van der Waals surface area contributed by atoms with Crippen molar-refractivity contribution in [2.75, 3.05) is 25.0 Å². The third kappa shape index (κ3) is 6.23. The highest BCUT2D eigenvalue weighted by Crippen LogP contribution is 2.23. The molecule has 0 atom stereocenters. The van der Waals surface area contributed by atoms with Crippen LogP contribution in [0.4, 0.5) is 18.9 Å². The maximum absolute atomic E-state index is 12.3. The molecule has 0 bridgehead atoms. The Hall–Kier alpha value is -1.30. The van der Waals surface area contributed by atoms with E-state index in [-0.39, 0.29) is 6.54 Å². The van der Waals surface area contributed by atoms with Crippen molar-refractivity contribution in [3.63, 3.8) is 0 Å². The molecule has 1 aromatic heterocycles. The standard InChI is InChI=1S/C14H22F3N3/c1-11(2)8-19-10-12-9-18-6-4-13(12)20(3)7-5-14(15,16)17/h4,6,9,11,19H,5,7-8,10H2,1-3H3. The molecule has 0 unspecified atom stereocenters. The van der Waals surface area contributed by atoms with Gasteiger partial charge in [0.25, 0.3) is 0 Å². The van der Waals surface area contributed by atoms with Gasteiger partial charge in [0.05, 0.1) is 6.42 Å². The molecule has 0 amide bonds. The van der Waals surface area contributed by atoms with Gasteiger partial charge in [-0.25, -0.2) is 0 Å². The molecule has 3 nitrogen and oxygen atoms in total. The Morgan fingerprint density at radius 3 is 2.65 bits per heavy atom. The summed E-state index contributed by atoms with van der Waals surface area (Å²) in [6.45, 7) is 5.63. The molecule has 1 aromatic rings. The monoisotopic (exact) mass is 289 g/mol. The van der Waals surface area contributed by atoms with Gasteiger partial charge < -0.3 is 10.2 Å². The number of alkyl halides is 3. The Bertz CT molecular complexity index is 405. The molecule has 1 N–H and O–H groups in total. The minimum Gasteiger partial charge on any atom is -0.374 e. The van der Waals surface area contributed by atoms with Crippen molar-refractivity contribution in [3.8, 4) is 0 Å². The molecule has 0 aliphatic rings. The summed E-state index contributed by atoms with van der Waals surface area (Å²) in [4.78, 5) is 5.67. The second-order valence-electron chi connectivity index (χ2n) is 5.32. The fourth-order valence-corrected chi connectivity index (χ4v) is 1.84. The van der Waals surface area contributed by atoms with Crippen LogP contribution >= 0.6 is 0 Å². The molecule has 0 saturated carbocycles. The topological polar surface area (TPSA) is 28.2 Å². The summed E-state index contributed by atoms with van der Waals surface area (Å²) in [5.41, 5.74) is 1.71. The molecule has 114 valence electrons. The van der Waals surface area contributed by atoms with Gasteiger partial charge in [0.15, 0.2) is 0 Å². The molecular formula is C14H22F3N3. The van der Waals surface area contributed by atoms with Crippen LogP contribution in [-0.4, -0.2) is 31.3 Å². The number of halogens is 3. The van der Waals surface area contributed by atoms with E-state index in [0.29, 0.717) is 12.5 Å². The average Bonchev–Trinajstić information content (AvgIpc) is 2.35. The molecule has 1 heterocycles. The van der Waals surface area contributed by atoms with Gasteiger partial charge in [-0.15, -0.1) is 0 Å². The van der Waals surface area contributed by atoms with Crippen LogP contribution in [0.1, 0.15) is 25.8 Å². The Kier molecular flexibility index (Phi) is 6.26. The number of hydrogen-bond donors (Lipinski definition) is 1. The molecule has 1 rings (SSSR count). The van der Waals surface area contributed by atoms with Crippen LogP contribution in [0.5, 0.6) is 0 Å². The predicted octanol–water partition coefficient (Wildman–Crippen LogP) is 3.22. The zero-order chi connectivity index (χ0) is 15.2. The fourth-order valence-electron chi connectivity index (χ4n) is 1.84. The van der Waals surface area contributed by atoms with Gasteiger partial charge in [0.2, 0.25) is 0 Å². The first-order valence-corrected chi connectivity index (χ1v) is 6.71. The van der Waals surface area contributed by atoms with E-state index >= 15 is 0 Å². The van der Waals surface area contributed by atoms with Crippen molar-refractivity contribution in [2.24, 2.45) is 5.92 Å². The SMILES string of the molecule is CC(C)CNCc1cnccc1N(C)CCC(F)(F)F. The second kappa shape index (κ2) is 7.47. The third-order valence-electron chi connectivity index (χ3n) is 2.89. The Morgan fingerprint density at radius 2 is 2.05 bits per heavy atom. The number of pyridine rings is 1. The highest BCUT2D eigenvalue weighted by molar-refractivity contribution is 5.51. The molecule has 0 aromatic carbocycles. The minimum atomic E-state index is -4.13. The van der Waals surface area contributed by atoms with E-state index in [9.17, 15) is 13.2 Å². The van der Waals surface area contributed by atoms with Crippen molar-refractivity contribution < 1.29 is 13.2 Å². The smallest absolute Gasteiger partial charge is 0.374 e. The third-order valence-corrected chi connectivity index (χ3v) is 2.89.